The third-order valence-corrected chi connectivity index (χ3v) is 1.79. The number of hydrogen-bond donors (Lipinski definition) is 3. The van der Waals surface area contributed by atoms with E-state index in [9.17, 15) is 9.59 Å². The summed E-state index contributed by atoms with van der Waals surface area (Å²) in [5, 5.41) is 5.45. The van der Waals surface area contributed by atoms with Crippen LogP contribution in [0.3, 0.4) is 0 Å². The van der Waals surface area contributed by atoms with Crippen molar-refractivity contribution < 1.29 is 9.59 Å². The highest BCUT2D eigenvalue weighted by atomic mass is 16.2. The lowest BCUT2D eigenvalue weighted by Crippen LogP contribution is -2.42. The predicted molar refractivity (Wildman–Crippen MR) is 54.8 cm³/mol. The van der Waals surface area contributed by atoms with Crippen LogP contribution >= 0.6 is 0 Å². The van der Waals surface area contributed by atoms with Crippen LogP contribution in [0.15, 0.2) is 0 Å². The van der Waals surface area contributed by atoms with E-state index in [1.54, 1.807) is 0 Å². The monoisotopic (exact) mass is 201 g/mol. The van der Waals surface area contributed by atoms with E-state index in [4.69, 9.17) is 5.73 Å². The molecule has 0 aromatic rings. The van der Waals surface area contributed by atoms with E-state index in [0.717, 1.165) is 13.0 Å². The topological polar surface area (TPSA) is 84.2 Å². The maximum atomic E-state index is 11.2. The number of carbonyl (C=O) groups is 2. The van der Waals surface area contributed by atoms with E-state index in [-0.39, 0.29) is 18.2 Å². The molecule has 0 saturated heterocycles. The number of hydrogen-bond acceptors (Lipinski definition) is 4. The molecule has 14 heavy (non-hydrogen) atoms. The van der Waals surface area contributed by atoms with Crippen LogP contribution in [0, 0.1) is 0 Å². The highest BCUT2D eigenvalue weighted by Gasteiger charge is 2.12. The Labute approximate surface area is 84.4 Å². The molecule has 0 radical (unpaired) electrons. The molecule has 0 aliphatic heterocycles. The van der Waals surface area contributed by atoms with Crippen LogP contribution < -0.4 is 16.4 Å². The molecule has 1 atom stereocenters. The van der Waals surface area contributed by atoms with Crippen LogP contribution in [-0.4, -0.2) is 37.9 Å². The van der Waals surface area contributed by atoms with Gasteiger partial charge in [-0.1, -0.05) is 0 Å². The fraction of sp³-hybridized carbons (Fsp3) is 0.778. The van der Waals surface area contributed by atoms with E-state index in [1.807, 2.05) is 7.05 Å². The fourth-order valence-corrected chi connectivity index (χ4v) is 0.973. The molecular weight excluding hydrogens is 182 g/mol. The summed E-state index contributed by atoms with van der Waals surface area (Å²) < 4.78 is 0. The summed E-state index contributed by atoms with van der Waals surface area (Å²) >= 11 is 0. The first-order valence-electron chi connectivity index (χ1n) is 4.75. The van der Waals surface area contributed by atoms with Gasteiger partial charge in [-0.05, 0) is 33.4 Å². The van der Waals surface area contributed by atoms with Crippen molar-refractivity contribution in [3.63, 3.8) is 0 Å². The molecule has 0 bridgehead atoms. The second-order valence-corrected chi connectivity index (χ2v) is 3.27. The number of rotatable bonds is 7. The van der Waals surface area contributed by atoms with Crippen LogP contribution in [0.5, 0.6) is 0 Å². The molecule has 0 heterocycles. The van der Waals surface area contributed by atoms with Crippen LogP contribution in [0.4, 0.5) is 0 Å². The zero-order valence-corrected chi connectivity index (χ0v) is 8.80. The van der Waals surface area contributed by atoms with Gasteiger partial charge in [-0.15, -0.1) is 0 Å². The van der Waals surface area contributed by atoms with Gasteiger partial charge < -0.3 is 16.4 Å². The van der Waals surface area contributed by atoms with Gasteiger partial charge in [-0.2, -0.15) is 0 Å². The molecule has 0 fully saturated rings. The first kappa shape index (κ1) is 13.1. The van der Waals surface area contributed by atoms with Gasteiger partial charge in [0.15, 0.2) is 0 Å². The Morgan fingerprint density at radius 3 is 2.57 bits per heavy atom. The number of ketones is 1. The van der Waals surface area contributed by atoms with Gasteiger partial charge in [0.05, 0.1) is 12.6 Å². The van der Waals surface area contributed by atoms with Gasteiger partial charge >= 0.3 is 0 Å². The average Bonchev–Trinajstić information content (AvgIpc) is 2.14. The van der Waals surface area contributed by atoms with Gasteiger partial charge in [0, 0.05) is 0 Å². The Morgan fingerprint density at radius 1 is 1.43 bits per heavy atom. The van der Waals surface area contributed by atoms with Crippen molar-refractivity contribution in [2.75, 3.05) is 20.1 Å². The predicted octanol–water partition coefficient (Wildman–Crippen LogP) is -0.981. The summed E-state index contributed by atoms with van der Waals surface area (Å²) in [5.74, 6) is -0.322. The van der Waals surface area contributed by atoms with Crippen LogP contribution in [0.25, 0.3) is 0 Å². The first-order valence-corrected chi connectivity index (χ1v) is 4.75. The molecule has 0 saturated carbocycles. The molecule has 0 spiro atoms. The maximum Gasteiger partial charge on any atom is 0.237 e. The Morgan fingerprint density at radius 2 is 2.07 bits per heavy atom. The van der Waals surface area contributed by atoms with Crippen LogP contribution in [0.2, 0.25) is 0 Å². The number of nitrogens with two attached hydrogens (primary N) is 1. The molecule has 1 amide bonds. The van der Waals surface area contributed by atoms with E-state index < -0.39 is 6.04 Å². The van der Waals surface area contributed by atoms with Crippen molar-refractivity contribution in [1.29, 1.82) is 0 Å². The molecule has 0 aliphatic rings. The number of nitrogens with one attached hydrogen (secondary N) is 2. The molecular formula is C9H19N3O2. The molecule has 5 nitrogen and oxygen atoms in total. The van der Waals surface area contributed by atoms with E-state index >= 15 is 0 Å². The first-order chi connectivity index (χ1) is 6.57. The summed E-state index contributed by atoms with van der Waals surface area (Å²) in [6.07, 6.45) is 1.48. The molecule has 0 aromatic heterocycles. The molecule has 4 N–H and O–H groups in total. The lowest BCUT2D eigenvalue weighted by molar-refractivity contribution is -0.125. The highest BCUT2D eigenvalue weighted by Crippen LogP contribution is 1.92. The van der Waals surface area contributed by atoms with E-state index in [2.05, 4.69) is 10.6 Å². The zero-order valence-electron chi connectivity index (χ0n) is 8.80. The second-order valence-electron chi connectivity index (χ2n) is 3.27. The van der Waals surface area contributed by atoms with Crippen LogP contribution in [-0.2, 0) is 9.59 Å². The molecule has 5 heteroatoms. The van der Waals surface area contributed by atoms with Crippen molar-refractivity contribution in [2.45, 2.75) is 25.8 Å². The largest absolute Gasteiger partial charge is 0.348 e. The van der Waals surface area contributed by atoms with Gasteiger partial charge in [-0.3, -0.25) is 9.59 Å². The molecule has 0 aliphatic carbocycles. The smallest absolute Gasteiger partial charge is 0.237 e. The van der Waals surface area contributed by atoms with Gasteiger partial charge in [0.25, 0.3) is 0 Å². The summed E-state index contributed by atoms with van der Waals surface area (Å²) in [7, 11) is 1.85. The minimum atomic E-state index is -0.511. The summed E-state index contributed by atoms with van der Waals surface area (Å²) in [6.45, 7) is 2.33. The number of amides is 1. The number of Topliss-reactive ketones (excluding diaryl/α,β-unsaturated/α-hetero) is 1. The van der Waals surface area contributed by atoms with E-state index in [1.165, 1.54) is 6.92 Å². The Kier molecular flexibility index (Phi) is 6.96. The Hall–Kier alpha value is -0.940. The molecule has 0 aromatic carbocycles. The van der Waals surface area contributed by atoms with Gasteiger partial charge in [-0.25, -0.2) is 0 Å². The molecule has 82 valence electrons. The highest BCUT2D eigenvalue weighted by molar-refractivity contribution is 5.87. The SMILES string of the molecule is CNCCCC(N)C(=O)NCC(C)=O. The minimum Gasteiger partial charge on any atom is -0.348 e. The van der Waals surface area contributed by atoms with Crippen LogP contribution in [0.1, 0.15) is 19.8 Å². The Bertz CT molecular complexity index is 194. The Balaban J connectivity index is 3.59. The lowest BCUT2D eigenvalue weighted by Gasteiger charge is -2.10. The summed E-state index contributed by atoms with van der Waals surface area (Å²) in [5.41, 5.74) is 5.59. The van der Waals surface area contributed by atoms with Crippen molar-refractivity contribution in [3.05, 3.63) is 0 Å². The van der Waals surface area contributed by atoms with Gasteiger partial charge in [0.1, 0.15) is 5.78 Å². The third-order valence-electron chi connectivity index (χ3n) is 1.79. The van der Waals surface area contributed by atoms with Crippen molar-refractivity contribution in [1.82, 2.24) is 10.6 Å². The zero-order chi connectivity index (χ0) is 11.0. The fourth-order valence-electron chi connectivity index (χ4n) is 0.973. The molecule has 0 rings (SSSR count). The summed E-state index contributed by atoms with van der Waals surface area (Å²) in [4.78, 5) is 21.8. The van der Waals surface area contributed by atoms with Gasteiger partial charge in [0.2, 0.25) is 5.91 Å². The third kappa shape index (κ3) is 6.56. The quantitative estimate of drug-likeness (QED) is 0.462. The number of carbonyl (C=O) groups excluding carboxylic acids is 2. The average molecular weight is 201 g/mol. The van der Waals surface area contributed by atoms with Crippen molar-refractivity contribution in [2.24, 2.45) is 5.73 Å². The second kappa shape index (κ2) is 7.46. The van der Waals surface area contributed by atoms with E-state index in [0.29, 0.717) is 6.42 Å². The normalized spacial score (nSPS) is 12.2. The van der Waals surface area contributed by atoms with Crippen molar-refractivity contribution in [3.8, 4) is 0 Å². The minimum absolute atomic E-state index is 0.0680. The maximum absolute atomic E-state index is 11.2. The van der Waals surface area contributed by atoms with Crippen molar-refractivity contribution >= 4 is 11.7 Å². The lowest BCUT2D eigenvalue weighted by atomic mass is 10.1. The summed E-state index contributed by atoms with van der Waals surface area (Å²) in [6, 6.07) is -0.511. The molecule has 1 unspecified atom stereocenters. The standard InChI is InChI=1S/C9H19N3O2/c1-7(13)6-12-9(14)8(10)4-3-5-11-2/h8,11H,3-6,10H2,1-2H3,(H,12,14).